The Morgan fingerprint density at radius 1 is 1.40 bits per heavy atom. The topological polar surface area (TPSA) is 69.6 Å². The van der Waals surface area contributed by atoms with Crippen molar-refractivity contribution < 1.29 is 14.7 Å². The van der Waals surface area contributed by atoms with Crippen LogP contribution in [0.15, 0.2) is 11.4 Å². The molecule has 0 bridgehead atoms. The highest BCUT2D eigenvalue weighted by Gasteiger charge is 2.15. The number of hydrogen-bond acceptors (Lipinski definition) is 4. The third-order valence-corrected chi connectivity index (χ3v) is 3.60. The Hall–Kier alpha value is -1.84. The molecule has 0 aliphatic heterocycles. The summed E-state index contributed by atoms with van der Waals surface area (Å²) in [5, 5.41) is 13.0. The maximum absolute atomic E-state index is 12.0. The first-order chi connectivity index (χ1) is 9.63. The van der Waals surface area contributed by atoms with E-state index in [-0.39, 0.29) is 25.0 Å². The fraction of sp³-hybridized carbons (Fsp3) is 0.429. The molecule has 0 saturated heterocycles. The summed E-state index contributed by atoms with van der Waals surface area (Å²) >= 11 is 1.26. The average molecular weight is 294 g/mol. The molecule has 0 aliphatic rings. The number of thiophene rings is 1. The molecule has 0 unspecified atom stereocenters. The second-order valence-corrected chi connectivity index (χ2v) is 4.79. The summed E-state index contributed by atoms with van der Waals surface area (Å²) in [6.45, 7) is 4.76. The van der Waals surface area contributed by atoms with Crippen LogP contribution in [0.2, 0.25) is 0 Å². The normalized spacial score (nSPS) is 9.55. The van der Waals surface area contributed by atoms with Crippen LogP contribution in [0.1, 0.15) is 29.1 Å². The molecule has 2 N–H and O–H groups in total. The second kappa shape index (κ2) is 8.35. The smallest absolute Gasteiger partial charge is 0.263 e. The van der Waals surface area contributed by atoms with Gasteiger partial charge in [0.25, 0.3) is 5.91 Å². The van der Waals surface area contributed by atoms with Gasteiger partial charge in [-0.25, -0.2) is 0 Å². The van der Waals surface area contributed by atoms with Gasteiger partial charge in [0.15, 0.2) is 0 Å². The minimum atomic E-state index is -0.317. The standard InChI is InChI=1S/C14H18N2O3S/c1-3-16(4-2)12(18)10-15-14(19)13-11(6-5-8-17)7-9-20-13/h7,9,17H,3-4,8,10H2,1-2H3,(H,15,19). The number of nitrogens with zero attached hydrogens (tertiary/aromatic N) is 1. The molecule has 6 heteroatoms. The molecule has 1 rings (SSSR count). The number of rotatable bonds is 5. The Kier molecular flexibility index (Phi) is 6.77. The summed E-state index contributed by atoms with van der Waals surface area (Å²) in [4.78, 5) is 25.9. The van der Waals surface area contributed by atoms with Gasteiger partial charge >= 0.3 is 0 Å². The molecule has 0 saturated carbocycles. The van der Waals surface area contributed by atoms with Crippen LogP contribution >= 0.6 is 11.3 Å². The molecule has 0 aromatic carbocycles. The van der Waals surface area contributed by atoms with Gasteiger partial charge in [0.1, 0.15) is 11.5 Å². The molecule has 1 aromatic rings. The van der Waals surface area contributed by atoms with Gasteiger partial charge in [0.2, 0.25) is 5.91 Å². The summed E-state index contributed by atoms with van der Waals surface area (Å²) < 4.78 is 0. The maximum atomic E-state index is 12.0. The number of amides is 2. The van der Waals surface area contributed by atoms with E-state index in [1.807, 2.05) is 13.8 Å². The van der Waals surface area contributed by atoms with Crippen molar-refractivity contribution in [2.45, 2.75) is 13.8 Å². The van der Waals surface area contributed by atoms with Crippen molar-refractivity contribution in [2.24, 2.45) is 0 Å². The van der Waals surface area contributed by atoms with Crippen LogP contribution in [0.4, 0.5) is 0 Å². The summed E-state index contributed by atoms with van der Waals surface area (Å²) in [6, 6.07) is 1.72. The molecule has 2 amide bonds. The minimum Gasteiger partial charge on any atom is -0.384 e. The van der Waals surface area contributed by atoms with E-state index >= 15 is 0 Å². The Labute approximate surface area is 122 Å². The zero-order valence-electron chi connectivity index (χ0n) is 11.6. The first kappa shape index (κ1) is 16.2. The Morgan fingerprint density at radius 2 is 2.10 bits per heavy atom. The molecule has 5 nitrogen and oxygen atoms in total. The fourth-order valence-corrected chi connectivity index (χ4v) is 2.41. The number of nitrogens with one attached hydrogen (secondary N) is 1. The van der Waals surface area contributed by atoms with Gasteiger partial charge in [-0.3, -0.25) is 9.59 Å². The SMILES string of the molecule is CCN(CC)C(=O)CNC(=O)c1sccc1C#CCO. The number of hydrogen-bond donors (Lipinski definition) is 2. The molecular formula is C14H18N2O3S. The average Bonchev–Trinajstić information content (AvgIpc) is 2.92. The summed E-state index contributed by atoms with van der Waals surface area (Å²) in [6.07, 6.45) is 0. The predicted octanol–water partition coefficient (Wildman–Crippen LogP) is 0.690. The van der Waals surface area contributed by atoms with E-state index in [4.69, 9.17) is 5.11 Å². The third-order valence-electron chi connectivity index (χ3n) is 2.69. The number of likely N-dealkylation sites (N-methyl/N-ethyl adjacent to an activating group) is 1. The molecule has 0 atom stereocenters. The largest absolute Gasteiger partial charge is 0.384 e. The lowest BCUT2D eigenvalue weighted by molar-refractivity contribution is -0.129. The van der Waals surface area contributed by atoms with Crippen molar-refractivity contribution in [3.63, 3.8) is 0 Å². The van der Waals surface area contributed by atoms with Crippen LogP contribution < -0.4 is 5.32 Å². The van der Waals surface area contributed by atoms with Gasteiger partial charge in [-0.15, -0.1) is 11.3 Å². The van der Waals surface area contributed by atoms with Gasteiger partial charge in [0, 0.05) is 18.7 Å². The zero-order valence-corrected chi connectivity index (χ0v) is 12.4. The van der Waals surface area contributed by atoms with Gasteiger partial charge in [0.05, 0.1) is 6.54 Å². The van der Waals surface area contributed by atoms with E-state index < -0.39 is 0 Å². The number of aliphatic hydroxyl groups is 1. The summed E-state index contributed by atoms with van der Waals surface area (Å²) in [7, 11) is 0. The van der Waals surface area contributed by atoms with Crippen molar-refractivity contribution in [1.82, 2.24) is 10.2 Å². The van der Waals surface area contributed by atoms with Crippen molar-refractivity contribution in [2.75, 3.05) is 26.2 Å². The van der Waals surface area contributed by atoms with E-state index in [1.165, 1.54) is 11.3 Å². The van der Waals surface area contributed by atoms with Crippen LogP contribution in [0, 0.1) is 11.8 Å². The van der Waals surface area contributed by atoms with Crippen molar-refractivity contribution in [1.29, 1.82) is 0 Å². The Bertz CT molecular complexity index is 524. The van der Waals surface area contributed by atoms with Gasteiger partial charge in [-0.1, -0.05) is 11.8 Å². The van der Waals surface area contributed by atoms with E-state index in [0.717, 1.165) is 0 Å². The van der Waals surface area contributed by atoms with Gasteiger partial charge < -0.3 is 15.3 Å². The quantitative estimate of drug-likeness (QED) is 0.785. The molecule has 1 aromatic heterocycles. The van der Waals surface area contributed by atoms with Crippen LogP contribution in [0.5, 0.6) is 0 Å². The first-order valence-electron chi connectivity index (χ1n) is 6.37. The summed E-state index contributed by atoms with van der Waals surface area (Å²) in [5.74, 6) is 4.79. The fourth-order valence-electron chi connectivity index (χ4n) is 1.64. The molecule has 0 fully saturated rings. The predicted molar refractivity (Wildman–Crippen MR) is 78.5 cm³/mol. The molecule has 0 spiro atoms. The lowest BCUT2D eigenvalue weighted by Crippen LogP contribution is -2.39. The maximum Gasteiger partial charge on any atom is 0.263 e. The van der Waals surface area contributed by atoms with E-state index in [9.17, 15) is 9.59 Å². The highest BCUT2D eigenvalue weighted by atomic mass is 32.1. The Morgan fingerprint density at radius 3 is 2.70 bits per heavy atom. The third kappa shape index (κ3) is 4.37. The molecule has 108 valence electrons. The first-order valence-corrected chi connectivity index (χ1v) is 7.25. The van der Waals surface area contributed by atoms with Crippen molar-refractivity contribution in [3.8, 4) is 11.8 Å². The molecular weight excluding hydrogens is 276 g/mol. The lowest BCUT2D eigenvalue weighted by atomic mass is 10.2. The van der Waals surface area contributed by atoms with Crippen molar-refractivity contribution >= 4 is 23.2 Å². The van der Waals surface area contributed by atoms with Gasteiger partial charge in [-0.05, 0) is 25.3 Å². The molecule has 20 heavy (non-hydrogen) atoms. The summed E-state index contributed by atoms with van der Waals surface area (Å²) in [5.41, 5.74) is 0.567. The van der Waals surface area contributed by atoms with Gasteiger partial charge in [-0.2, -0.15) is 0 Å². The number of carbonyl (C=O) groups excluding carboxylic acids is 2. The molecule has 0 aliphatic carbocycles. The Balaban J connectivity index is 2.64. The van der Waals surface area contributed by atoms with Crippen LogP contribution in [0.25, 0.3) is 0 Å². The lowest BCUT2D eigenvalue weighted by Gasteiger charge is -2.18. The minimum absolute atomic E-state index is 0.0225. The monoisotopic (exact) mass is 294 g/mol. The van der Waals surface area contributed by atoms with Crippen LogP contribution in [-0.4, -0.2) is 48.1 Å². The molecule has 1 heterocycles. The molecule has 0 radical (unpaired) electrons. The van der Waals surface area contributed by atoms with E-state index in [0.29, 0.717) is 23.5 Å². The highest BCUT2D eigenvalue weighted by molar-refractivity contribution is 7.12. The highest BCUT2D eigenvalue weighted by Crippen LogP contribution is 2.15. The number of carbonyl (C=O) groups is 2. The van der Waals surface area contributed by atoms with Crippen molar-refractivity contribution in [3.05, 3.63) is 21.9 Å². The van der Waals surface area contributed by atoms with Crippen LogP contribution in [-0.2, 0) is 4.79 Å². The van der Waals surface area contributed by atoms with E-state index in [2.05, 4.69) is 17.2 Å². The second-order valence-electron chi connectivity index (χ2n) is 3.87. The van der Waals surface area contributed by atoms with Crippen LogP contribution in [0.3, 0.4) is 0 Å². The zero-order chi connectivity index (χ0) is 15.0. The van der Waals surface area contributed by atoms with E-state index in [1.54, 1.807) is 16.3 Å². The number of aliphatic hydroxyl groups excluding tert-OH is 1.